The van der Waals surface area contributed by atoms with Crippen molar-refractivity contribution >= 4 is 16.8 Å². The van der Waals surface area contributed by atoms with Gasteiger partial charge in [-0.1, -0.05) is 12.1 Å². The largest absolute Gasteiger partial charge is 0.497 e. The molecular formula is C19H17N5O2. The molecule has 7 heteroatoms. The molecule has 0 aliphatic rings. The zero-order chi connectivity index (χ0) is 17.9. The van der Waals surface area contributed by atoms with Gasteiger partial charge in [0.2, 0.25) is 0 Å². The molecule has 3 heterocycles. The molecule has 130 valence electrons. The van der Waals surface area contributed by atoms with E-state index in [1.807, 2.05) is 30.3 Å². The van der Waals surface area contributed by atoms with Crippen molar-refractivity contribution in [2.75, 3.05) is 7.11 Å². The fourth-order valence-corrected chi connectivity index (χ4v) is 2.76. The van der Waals surface area contributed by atoms with Crippen LogP contribution in [0.15, 0.2) is 55.0 Å². The first-order valence-electron chi connectivity index (χ1n) is 8.12. The molecule has 0 fully saturated rings. The van der Waals surface area contributed by atoms with Crippen molar-refractivity contribution in [3.05, 3.63) is 66.2 Å². The average Bonchev–Trinajstić information content (AvgIpc) is 3.35. The summed E-state index contributed by atoms with van der Waals surface area (Å²) in [5.74, 6) is 0.592. The molecule has 0 atom stereocenters. The van der Waals surface area contributed by atoms with Gasteiger partial charge >= 0.3 is 0 Å². The Morgan fingerprint density at radius 1 is 1.23 bits per heavy atom. The first-order chi connectivity index (χ1) is 12.7. The summed E-state index contributed by atoms with van der Waals surface area (Å²) in [6, 6.07) is 11.3. The van der Waals surface area contributed by atoms with Crippen molar-refractivity contribution in [2.45, 2.75) is 6.54 Å². The number of hydrogen-bond donors (Lipinski definition) is 3. The van der Waals surface area contributed by atoms with Gasteiger partial charge in [-0.2, -0.15) is 5.10 Å². The van der Waals surface area contributed by atoms with E-state index in [4.69, 9.17) is 4.74 Å². The Kier molecular flexibility index (Phi) is 4.10. The monoisotopic (exact) mass is 347 g/mol. The number of carbonyl (C=O) groups excluding carboxylic acids is 1. The second-order valence-electron chi connectivity index (χ2n) is 5.86. The van der Waals surface area contributed by atoms with Crippen LogP contribution < -0.4 is 10.1 Å². The van der Waals surface area contributed by atoms with E-state index in [9.17, 15) is 4.79 Å². The normalized spacial score (nSPS) is 10.8. The fraction of sp³-hybridized carbons (Fsp3) is 0.105. The molecule has 0 radical (unpaired) electrons. The zero-order valence-corrected chi connectivity index (χ0v) is 14.1. The predicted molar refractivity (Wildman–Crippen MR) is 97.8 cm³/mol. The summed E-state index contributed by atoms with van der Waals surface area (Å²) < 4.78 is 5.20. The highest BCUT2D eigenvalue weighted by Gasteiger charge is 2.11. The third-order valence-corrected chi connectivity index (χ3v) is 4.13. The van der Waals surface area contributed by atoms with Crippen LogP contribution in [-0.4, -0.2) is 33.2 Å². The Morgan fingerprint density at radius 2 is 2.15 bits per heavy atom. The highest BCUT2D eigenvalue weighted by molar-refractivity contribution is 5.98. The molecule has 0 bridgehead atoms. The summed E-state index contributed by atoms with van der Waals surface area (Å²) in [5.41, 5.74) is 4.00. The van der Waals surface area contributed by atoms with Gasteiger partial charge in [-0.3, -0.25) is 14.9 Å². The minimum absolute atomic E-state index is 0.172. The molecule has 3 aromatic heterocycles. The number of carbonyl (C=O) groups is 1. The van der Waals surface area contributed by atoms with E-state index in [2.05, 4.69) is 25.5 Å². The highest BCUT2D eigenvalue weighted by Crippen LogP contribution is 2.21. The van der Waals surface area contributed by atoms with Gasteiger partial charge in [-0.05, 0) is 29.8 Å². The van der Waals surface area contributed by atoms with Crippen LogP contribution in [0.3, 0.4) is 0 Å². The molecule has 1 aromatic carbocycles. The number of fused-ring (bicyclic) bond motifs is 1. The lowest BCUT2D eigenvalue weighted by molar-refractivity contribution is 0.0946. The molecule has 0 unspecified atom stereocenters. The number of methoxy groups -OCH3 is 1. The number of rotatable bonds is 5. The maximum absolute atomic E-state index is 12.4. The van der Waals surface area contributed by atoms with Gasteiger partial charge in [-0.15, -0.1) is 0 Å². The molecule has 4 rings (SSSR count). The van der Waals surface area contributed by atoms with Crippen molar-refractivity contribution < 1.29 is 9.53 Å². The van der Waals surface area contributed by atoms with Gasteiger partial charge < -0.3 is 15.0 Å². The number of benzene rings is 1. The van der Waals surface area contributed by atoms with Crippen LogP contribution in [-0.2, 0) is 6.54 Å². The number of ether oxygens (including phenoxy) is 1. The Labute approximate surface area is 149 Å². The Hall–Kier alpha value is -3.61. The second kappa shape index (κ2) is 6.72. The van der Waals surface area contributed by atoms with Crippen molar-refractivity contribution in [3.63, 3.8) is 0 Å². The molecule has 4 aromatic rings. The Morgan fingerprint density at radius 3 is 2.96 bits per heavy atom. The molecule has 0 saturated heterocycles. The van der Waals surface area contributed by atoms with Crippen LogP contribution in [0.25, 0.3) is 22.2 Å². The quantitative estimate of drug-likeness (QED) is 0.517. The standard InChI is InChI=1S/C19H17N5O2/c1-26-15-4-2-3-12(5-15)8-21-19(25)18-6-13-9-20-16(7-17(13)24-18)14-10-22-23-11-14/h2-7,9-11,24H,8H2,1H3,(H,21,25)(H,22,23). The lowest BCUT2D eigenvalue weighted by Gasteiger charge is -2.06. The average molecular weight is 347 g/mol. The lowest BCUT2D eigenvalue weighted by atomic mass is 10.2. The number of hydrogen-bond acceptors (Lipinski definition) is 4. The van der Waals surface area contributed by atoms with E-state index in [0.29, 0.717) is 12.2 Å². The van der Waals surface area contributed by atoms with Gasteiger partial charge in [0, 0.05) is 35.4 Å². The first-order valence-corrected chi connectivity index (χ1v) is 8.12. The van der Waals surface area contributed by atoms with E-state index in [1.165, 1.54) is 0 Å². The number of amides is 1. The summed E-state index contributed by atoms with van der Waals surface area (Å²) >= 11 is 0. The van der Waals surface area contributed by atoms with Gasteiger partial charge in [0.05, 0.1) is 19.0 Å². The van der Waals surface area contributed by atoms with Gasteiger partial charge in [0.1, 0.15) is 11.4 Å². The molecule has 0 aliphatic carbocycles. The van der Waals surface area contributed by atoms with Crippen LogP contribution in [0.5, 0.6) is 5.75 Å². The molecular weight excluding hydrogens is 330 g/mol. The third-order valence-electron chi connectivity index (χ3n) is 4.13. The van der Waals surface area contributed by atoms with E-state index in [1.54, 1.807) is 31.8 Å². The SMILES string of the molecule is COc1cccc(CNC(=O)c2cc3cnc(-c4cn[nH]c4)cc3[nH]2)c1. The second-order valence-corrected chi connectivity index (χ2v) is 5.86. The molecule has 3 N–H and O–H groups in total. The maximum Gasteiger partial charge on any atom is 0.267 e. The Balaban J connectivity index is 1.51. The smallest absolute Gasteiger partial charge is 0.267 e. The van der Waals surface area contributed by atoms with Crippen molar-refractivity contribution in [3.8, 4) is 17.0 Å². The van der Waals surface area contributed by atoms with E-state index >= 15 is 0 Å². The number of nitrogens with one attached hydrogen (secondary N) is 3. The van der Waals surface area contributed by atoms with Crippen molar-refractivity contribution in [1.82, 2.24) is 25.5 Å². The number of H-pyrrole nitrogens is 2. The summed E-state index contributed by atoms with van der Waals surface area (Å²) in [6.45, 7) is 0.421. The van der Waals surface area contributed by atoms with Crippen LogP contribution in [0.4, 0.5) is 0 Å². The van der Waals surface area contributed by atoms with Crippen LogP contribution in [0, 0.1) is 0 Å². The summed E-state index contributed by atoms with van der Waals surface area (Å²) in [4.78, 5) is 20.0. The Bertz CT molecular complexity index is 1050. The minimum atomic E-state index is -0.172. The molecule has 0 saturated carbocycles. The van der Waals surface area contributed by atoms with Gasteiger partial charge in [0.15, 0.2) is 0 Å². The number of aromatic nitrogens is 4. The number of nitrogens with zero attached hydrogens (tertiary/aromatic N) is 2. The summed E-state index contributed by atoms with van der Waals surface area (Å²) in [5, 5.41) is 10.5. The van der Waals surface area contributed by atoms with E-state index in [0.717, 1.165) is 33.5 Å². The summed E-state index contributed by atoms with van der Waals surface area (Å²) in [7, 11) is 1.62. The molecule has 1 amide bonds. The van der Waals surface area contributed by atoms with E-state index < -0.39 is 0 Å². The van der Waals surface area contributed by atoms with Gasteiger partial charge in [-0.25, -0.2) is 0 Å². The van der Waals surface area contributed by atoms with Crippen LogP contribution in [0.1, 0.15) is 16.1 Å². The maximum atomic E-state index is 12.4. The fourth-order valence-electron chi connectivity index (χ4n) is 2.76. The summed E-state index contributed by atoms with van der Waals surface area (Å²) in [6.07, 6.45) is 5.23. The predicted octanol–water partition coefficient (Wildman–Crippen LogP) is 2.89. The third kappa shape index (κ3) is 3.14. The zero-order valence-electron chi connectivity index (χ0n) is 14.1. The van der Waals surface area contributed by atoms with Gasteiger partial charge in [0.25, 0.3) is 5.91 Å². The molecule has 7 nitrogen and oxygen atoms in total. The minimum Gasteiger partial charge on any atom is -0.497 e. The topological polar surface area (TPSA) is 95.7 Å². The molecule has 0 aliphatic heterocycles. The number of aromatic amines is 2. The van der Waals surface area contributed by atoms with Crippen molar-refractivity contribution in [2.24, 2.45) is 0 Å². The highest BCUT2D eigenvalue weighted by atomic mass is 16.5. The van der Waals surface area contributed by atoms with E-state index in [-0.39, 0.29) is 5.91 Å². The van der Waals surface area contributed by atoms with Crippen LogP contribution >= 0.6 is 0 Å². The van der Waals surface area contributed by atoms with Crippen LogP contribution in [0.2, 0.25) is 0 Å². The molecule has 0 spiro atoms. The molecule has 26 heavy (non-hydrogen) atoms. The number of pyridine rings is 1. The lowest BCUT2D eigenvalue weighted by Crippen LogP contribution is -2.23. The first kappa shape index (κ1) is 15.9. The van der Waals surface area contributed by atoms with Crippen molar-refractivity contribution in [1.29, 1.82) is 0 Å².